The number of rotatable bonds is 8. The fourth-order valence-electron chi connectivity index (χ4n) is 2.15. The molecule has 1 aromatic carbocycles. The summed E-state index contributed by atoms with van der Waals surface area (Å²) in [5, 5.41) is 2.90. The Labute approximate surface area is 141 Å². The van der Waals surface area contributed by atoms with E-state index < -0.39 is 6.04 Å². The number of halogens is 1. The van der Waals surface area contributed by atoms with Gasteiger partial charge in [-0.05, 0) is 31.0 Å². The molecule has 0 aliphatic heterocycles. The summed E-state index contributed by atoms with van der Waals surface area (Å²) in [4.78, 5) is 26.1. The lowest BCUT2D eigenvalue weighted by molar-refractivity contribution is -0.140. The molecule has 0 fully saturated rings. The molecular weight excluding hydrogens is 344 g/mol. The number of benzene rings is 1. The maximum Gasteiger partial charge on any atom is 0.242 e. The van der Waals surface area contributed by atoms with E-state index in [1.807, 2.05) is 31.2 Å². The summed E-state index contributed by atoms with van der Waals surface area (Å²) in [7, 11) is 0. The van der Waals surface area contributed by atoms with E-state index in [1.54, 1.807) is 11.8 Å². The molecule has 122 valence electrons. The van der Waals surface area contributed by atoms with Crippen molar-refractivity contribution in [2.24, 2.45) is 0 Å². The maximum absolute atomic E-state index is 12.2. The van der Waals surface area contributed by atoms with E-state index in [0.29, 0.717) is 19.5 Å². The zero-order chi connectivity index (χ0) is 16.5. The predicted molar refractivity (Wildman–Crippen MR) is 92.4 cm³/mol. The molecule has 1 aromatic rings. The van der Waals surface area contributed by atoms with Gasteiger partial charge in [-0.25, -0.2) is 0 Å². The highest BCUT2D eigenvalue weighted by Crippen LogP contribution is 2.15. The fraction of sp³-hybridized carbons (Fsp3) is 0.529. The molecule has 1 atom stereocenters. The molecule has 0 heterocycles. The first kappa shape index (κ1) is 18.7. The van der Waals surface area contributed by atoms with Crippen LogP contribution in [0.1, 0.15) is 45.6 Å². The van der Waals surface area contributed by atoms with E-state index in [-0.39, 0.29) is 11.8 Å². The van der Waals surface area contributed by atoms with E-state index in [4.69, 9.17) is 0 Å². The highest BCUT2D eigenvalue weighted by molar-refractivity contribution is 9.10. The van der Waals surface area contributed by atoms with Crippen LogP contribution in [0.5, 0.6) is 0 Å². The molecule has 1 N–H and O–H groups in total. The van der Waals surface area contributed by atoms with Crippen LogP contribution in [0.25, 0.3) is 0 Å². The quantitative estimate of drug-likeness (QED) is 0.713. The molecule has 0 saturated heterocycles. The van der Waals surface area contributed by atoms with Crippen LogP contribution in [0.15, 0.2) is 28.7 Å². The number of carbonyl (C=O) groups is 2. The van der Waals surface area contributed by atoms with Crippen molar-refractivity contribution in [1.29, 1.82) is 0 Å². The topological polar surface area (TPSA) is 49.4 Å². The van der Waals surface area contributed by atoms with Gasteiger partial charge in [0.25, 0.3) is 0 Å². The molecule has 0 unspecified atom stereocenters. The zero-order valence-corrected chi connectivity index (χ0v) is 15.1. The van der Waals surface area contributed by atoms with Crippen molar-refractivity contribution in [2.75, 3.05) is 6.54 Å². The number of amides is 2. The lowest BCUT2D eigenvalue weighted by Crippen LogP contribution is -2.47. The van der Waals surface area contributed by atoms with Gasteiger partial charge in [0, 0.05) is 24.0 Å². The minimum absolute atomic E-state index is 0.0156. The third-order valence-electron chi connectivity index (χ3n) is 3.54. The van der Waals surface area contributed by atoms with Crippen molar-refractivity contribution in [3.63, 3.8) is 0 Å². The first-order valence-corrected chi connectivity index (χ1v) is 8.60. The van der Waals surface area contributed by atoms with Crippen LogP contribution in [0.3, 0.4) is 0 Å². The monoisotopic (exact) mass is 368 g/mol. The lowest BCUT2D eigenvalue weighted by Gasteiger charge is -2.28. The number of hydrogen-bond acceptors (Lipinski definition) is 2. The molecule has 0 aromatic heterocycles. The standard InChI is InChI=1S/C17H25BrN2O2/c1-4-6-10-19-17(22)13(3)20(16(21)5-2)12-14-8-7-9-15(18)11-14/h7-9,11,13H,4-6,10,12H2,1-3H3,(H,19,22)/t13-/m1/s1. The van der Waals surface area contributed by atoms with Gasteiger partial charge in [-0.1, -0.05) is 48.3 Å². The van der Waals surface area contributed by atoms with Crippen LogP contribution < -0.4 is 5.32 Å². The van der Waals surface area contributed by atoms with Crippen LogP contribution in [0, 0.1) is 0 Å². The number of hydrogen-bond donors (Lipinski definition) is 1. The summed E-state index contributed by atoms with van der Waals surface area (Å²) in [6.45, 7) is 6.78. The Balaban J connectivity index is 2.79. The van der Waals surface area contributed by atoms with Crippen molar-refractivity contribution in [2.45, 2.75) is 52.6 Å². The Morgan fingerprint density at radius 3 is 2.64 bits per heavy atom. The van der Waals surface area contributed by atoms with E-state index in [9.17, 15) is 9.59 Å². The first-order chi connectivity index (χ1) is 10.5. The van der Waals surface area contributed by atoms with E-state index in [2.05, 4.69) is 28.2 Å². The highest BCUT2D eigenvalue weighted by Gasteiger charge is 2.24. The Kier molecular flexibility index (Phi) is 8.17. The van der Waals surface area contributed by atoms with Gasteiger partial charge in [-0.3, -0.25) is 9.59 Å². The second-order valence-electron chi connectivity index (χ2n) is 5.33. The van der Waals surface area contributed by atoms with Crippen molar-refractivity contribution in [3.05, 3.63) is 34.3 Å². The van der Waals surface area contributed by atoms with Crippen molar-refractivity contribution >= 4 is 27.7 Å². The van der Waals surface area contributed by atoms with Gasteiger partial charge in [-0.2, -0.15) is 0 Å². The highest BCUT2D eigenvalue weighted by atomic mass is 79.9. The average molecular weight is 369 g/mol. The molecule has 2 amide bonds. The normalized spacial score (nSPS) is 11.8. The van der Waals surface area contributed by atoms with E-state index >= 15 is 0 Å². The Morgan fingerprint density at radius 2 is 2.05 bits per heavy atom. The van der Waals surface area contributed by atoms with Crippen LogP contribution in [-0.4, -0.2) is 29.3 Å². The molecule has 4 nitrogen and oxygen atoms in total. The van der Waals surface area contributed by atoms with E-state index in [0.717, 1.165) is 22.9 Å². The van der Waals surface area contributed by atoms with Crippen molar-refractivity contribution < 1.29 is 9.59 Å². The molecular formula is C17H25BrN2O2. The molecule has 0 bridgehead atoms. The molecule has 0 spiro atoms. The van der Waals surface area contributed by atoms with E-state index in [1.165, 1.54) is 0 Å². The third-order valence-corrected chi connectivity index (χ3v) is 4.03. The summed E-state index contributed by atoms with van der Waals surface area (Å²) < 4.78 is 0.967. The van der Waals surface area contributed by atoms with Crippen molar-refractivity contribution in [1.82, 2.24) is 10.2 Å². The number of unbranched alkanes of at least 4 members (excludes halogenated alkanes) is 1. The van der Waals surface area contributed by atoms with Crippen LogP contribution in [-0.2, 0) is 16.1 Å². The summed E-state index contributed by atoms with van der Waals surface area (Å²) >= 11 is 3.43. The minimum Gasteiger partial charge on any atom is -0.354 e. The summed E-state index contributed by atoms with van der Waals surface area (Å²) in [5.74, 6) is -0.108. The Bertz CT molecular complexity index is 505. The molecule has 0 aliphatic carbocycles. The maximum atomic E-state index is 12.2. The second kappa shape index (κ2) is 9.62. The van der Waals surface area contributed by atoms with Crippen LogP contribution in [0.4, 0.5) is 0 Å². The Morgan fingerprint density at radius 1 is 1.32 bits per heavy atom. The zero-order valence-electron chi connectivity index (χ0n) is 13.6. The largest absolute Gasteiger partial charge is 0.354 e. The van der Waals surface area contributed by atoms with Crippen LogP contribution in [0.2, 0.25) is 0 Å². The summed E-state index contributed by atoms with van der Waals surface area (Å²) in [5.41, 5.74) is 1.00. The molecule has 0 aliphatic rings. The van der Waals surface area contributed by atoms with Crippen LogP contribution >= 0.6 is 15.9 Å². The first-order valence-electron chi connectivity index (χ1n) is 7.81. The summed E-state index contributed by atoms with van der Waals surface area (Å²) in [6.07, 6.45) is 2.37. The molecule has 0 radical (unpaired) electrons. The molecule has 0 saturated carbocycles. The van der Waals surface area contributed by atoms with Gasteiger partial charge < -0.3 is 10.2 Å². The number of nitrogens with zero attached hydrogens (tertiary/aromatic N) is 1. The fourth-order valence-corrected chi connectivity index (χ4v) is 2.60. The van der Waals surface area contributed by atoms with Gasteiger partial charge in [0.05, 0.1) is 0 Å². The second-order valence-corrected chi connectivity index (χ2v) is 6.24. The molecule has 1 rings (SSSR count). The van der Waals surface area contributed by atoms with Gasteiger partial charge in [-0.15, -0.1) is 0 Å². The number of carbonyl (C=O) groups excluding carboxylic acids is 2. The minimum atomic E-state index is -0.469. The molecule has 5 heteroatoms. The van der Waals surface area contributed by atoms with Gasteiger partial charge in [0.1, 0.15) is 6.04 Å². The average Bonchev–Trinajstić information content (AvgIpc) is 2.51. The predicted octanol–water partition coefficient (Wildman–Crippen LogP) is 3.49. The smallest absolute Gasteiger partial charge is 0.242 e. The van der Waals surface area contributed by atoms with Gasteiger partial charge in [0.2, 0.25) is 11.8 Å². The van der Waals surface area contributed by atoms with Crippen molar-refractivity contribution in [3.8, 4) is 0 Å². The molecule has 22 heavy (non-hydrogen) atoms. The van der Waals surface area contributed by atoms with Gasteiger partial charge >= 0.3 is 0 Å². The summed E-state index contributed by atoms with van der Waals surface area (Å²) in [6, 6.07) is 7.33. The number of nitrogens with one attached hydrogen (secondary N) is 1. The SMILES string of the molecule is CCCCNC(=O)[C@@H](C)N(Cc1cccc(Br)c1)C(=O)CC. The van der Waals surface area contributed by atoms with Gasteiger partial charge in [0.15, 0.2) is 0 Å². The third kappa shape index (κ3) is 5.79. The lowest BCUT2D eigenvalue weighted by atomic mass is 10.1. The Hall–Kier alpha value is -1.36.